The molecule has 1 saturated heterocycles. The van der Waals surface area contributed by atoms with Gasteiger partial charge in [0.15, 0.2) is 5.82 Å². The molecule has 0 spiro atoms. The van der Waals surface area contributed by atoms with Crippen molar-refractivity contribution >= 4 is 12.2 Å². The van der Waals surface area contributed by atoms with E-state index in [9.17, 15) is 0 Å². The van der Waals surface area contributed by atoms with Crippen molar-refractivity contribution in [3.8, 4) is 22.8 Å². The van der Waals surface area contributed by atoms with Gasteiger partial charge in [-0.2, -0.15) is 0 Å². The molecule has 0 N–H and O–H groups in total. The van der Waals surface area contributed by atoms with Crippen LogP contribution in [0.15, 0.2) is 54.6 Å². The zero-order chi connectivity index (χ0) is 18.6. The molecule has 1 fully saturated rings. The molecule has 0 atom stereocenters. The third kappa shape index (κ3) is 3.80. The Balaban J connectivity index is 1.77. The lowest BCUT2D eigenvalue weighted by Crippen LogP contribution is -2.37. The zero-order valence-corrected chi connectivity index (χ0v) is 16.1. The lowest BCUT2D eigenvalue weighted by atomic mass is 10.2. The summed E-state index contributed by atoms with van der Waals surface area (Å²) in [5.41, 5.74) is 1.99. The smallest absolute Gasteiger partial charge is 0.204 e. The number of morpholine rings is 1. The first kappa shape index (κ1) is 17.9. The molecule has 0 aliphatic carbocycles. The molecule has 0 amide bonds. The highest BCUT2D eigenvalue weighted by molar-refractivity contribution is 7.71. The number of ether oxygens (including phenoxy) is 2. The van der Waals surface area contributed by atoms with Crippen LogP contribution in [0.25, 0.3) is 17.1 Å². The van der Waals surface area contributed by atoms with Crippen LogP contribution in [0, 0.1) is 4.77 Å². The first-order valence-corrected chi connectivity index (χ1v) is 9.37. The summed E-state index contributed by atoms with van der Waals surface area (Å²) < 4.78 is 15.3. The molecule has 0 radical (unpaired) electrons. The fourth-order valence-electron chi connectivity index (χ4n) is 3.17. The van der Waals surface area contributed by atoms with Gasteiger partial charge in [0, 0.05) is 24.3 Å². The Morgan fingerprint density at radius 2 is 1.74 bits per heavy atom. The maximum atomic E-state index is 5.79. The minimum Gasteiger partial charge on any atom is -0.497 e. The Hall–Kier alpha value is -2.48. The van der Waals surface area contributed by atoms with Crippen molar-refractivity contribution in [2.24, 2.45) is 0 Å². The van der Waals surface area contributed by atoms with E-state index in [0.717, 1.165) is 49.1 Å². The van der Waals surface area contributed by atoms with E-state index in [-0.39, 0.29) is 0 Å². The van der Waals surface area contributed by atoms with E-state index in [1.54, 1.807) is 7.11 Å². The molecule has 27 heavy (non-hydrogen) atoms. The van der Waals surface area contributed by atoms with Gasteiger partial charge >= 0.3 is 0 Å². The number of aromatic nitrogens is 3. The van der Waals surface area contributed by atoms with Crippen molar-refractivity contribution in [1.29, 1.82) is 0 Å². The standard InChI is InChI=1S/C20H22N4O2S/c1-25-18-9-7-16(8-10-18)19-21-23(15-22-11-13-26-14-12-22)20(27)24(19)17-5-3-2-4-6-17/h2-10H,11-15H2,1H3. The van der Waals surface area contributed by atoms with E-state index in [1.165, 1.54) is 0 Å². The minimum absolute atomic E-state index is 0.658. The van der Waals surface area contributed by atoms with Gasteiger partial charge in [-0.3, -0.25) is 9.47 Å². The van der Waals surface area contributed by atoms with Gasteiger partial charge in [0.25, 0.3) is 0 Å². The van der Waals surface area contributed by atoms with Crippen LogP contribution in [0.4, 0.5) is 0 Å². The molecule has 3 aromatic rings. The Morgan fingerprint density at radius 3 is 2.41 bits per heavy atom. The van der Waals surface area contributed by atoms with E-state index in [0.29, 0.717) is 11.4 Å². The van der Waals surface area contributed by atoms with Crippen LogP contribution in [0.5, 0.6) is 5.75 Å². The normalized spacial score (nSPS) is 15.0. The Kier molecular flexibility index (Phi) is 5.33. The molecule has 1 aliphatic heterocycles. The first-order valence-electron chi connectivity index (χ1n) is 8.96. The van der Waals surface area contributed by atoms with Gasteiger partial charge in [-0.15, -0.1) is 5.10 Å². The average molecular weight is 382 g/mol. The van der Waals surface area contributed by atoms with Crippen molar-refractivity contribution in [2.75, 3.05) is 33.4 Å². The molecule has 2 aromatic carbocycles. The molecule has 7 heteroatoms. The highest BCUT2D eigenvalue weighted by atomic mass is 32.1. The molecule has 0 unspecified atom stereocenters. The number of nitrogens with zero attached hydrogens (tertiary/aromatic N) is 4. The van der Waals surface area contributed by atoms with Gasteiger partial charge in [0.05, 0.1) is 27.0 Å². The summed E-state index contributed by atoms with van der Waals surface area (Å²) in [4.78, 5) is 2.30. The summed E-state index contributed by atoms with van der Waals surface area (Å²) in [6.45, 7) is 3.93. The van der Waals surface area contributed by atoms with Crippen LogP contribution in [0.1, 0.15) is 0 Å². The minimum atomic E-state index is 0.658. The Labute approximate surface area is 163 Å². The number of hydrogen-bond acceptors (Lipinski definition) is 5. The fraction of sp³-hybridized carbons (Fsp3) is 0.300. The number of rotatable bonds is 5. The highest BCUT2D eigenvalue weighted by Crippen LogP contribution is 2.25. The molecule has 2 heterocycles. The molecule has 0 saturated carbocycles. The van der Waals surface area contributed by atoms with Crippen LogP contribution in [-0.2, 0) is 11.4 Å². The summed E-state index contributed by atoms with van der Waals surface area (Å²) >= 11 is 5.79. The lowest BCUT2D eigenvalue weighted by Gasteiger charge is -2.26. The van der Waals surface area contributed by atoms with Crippen LogP contribution in [-0.4, -0.2) is 52.7 Å². The van der Waals surface area contributed by atoms with Crippen LogP contribution in [0.3, 0.4) is 0 Å². The molecular formula is C20H22N4O2S. The molecule has 6 nitrogen and oxygen atoms in total. The van der Waals surface area contributed by atoms with Crippen molar-refractivity contribution < 1.29 is 9.47 Å². The van der Waals surface area contributed by atoms with Crippen molar-refractivity contribution in [3.63, 3.8) is 0 Å². The Morgan fingerprint density at radius 1 is 1.04 bits per heavy atom. The second kappa shape index (κ2) is 8.04. The molecule has 4 rings (SSSR count). The Bertz CT molecular complexity index is 944. The summed E-state index contributed by atoms with van der Waals surface area (Å²) in [7, 11) is 1.66. The molecule has 1 aromatic heterocycles. The van der Waals surface area contributed by atoms with Gasteiger partial charge in [-0.1, -0.05) is 18.2 Å². The number of methoxy groups -OCH3 is 1. The second-order valence-corrected chi connectivity index (χ2v) is 6.74. The maximum absolute atomic E-state index is 5.79. The van der Waals surface area contributed by atoms with E-state index in [4.69, 9.17) is 26.8 Å². The van der Waals surface area contributed by atoms with Gasteiger partial charge in [-0.25, -0.2) is 4.68 Å². The molecule has 140 valence electrons. The zero-order valence-electron chi connectivity index (χ0n) is 15.2. The highest BCUT2D eigenvalue weighted by Gasteiger charge is 2.17. The predicted molar refractivity (Wildman–Crippen MR) is 107 cm³/mol. The number of para-hydroxylation sites is 1. The molecule has 0 bridgehead atoms. The summed E-state index contributed by atoms with van der Waals surface area (Å²) in [5.74, 6) is 1.64. The van der Waals surface area contributed by atoms with Gasteiger partial charge in [0.2, 0.25) is 4.77 Å². The average Bonchev–Trinajstić information content (AvgIpc) is 3.05. The second-order valence-electron chi connectivity index (χ2n) is 6.38. The molecule has 1 aliphatic rings. The molecular weight excluding hydrogens is 360 g/mol. The maximum Gasteiger partial charge on any atom is 0.204 e. The van der Waals surface area contributed by atoms with Crippen LogP contribution in [0.2, 0.25) is 0 Å². The third-order valence-corrected chi connectivity index (χ3v) is 5.03. The monoisotopic (exact) mass is 382 g/mol. The topological polar surface area (TPSA) is 44.4 Å². The summed E-state index contributed by atoms with van der Waals surface area (Å²) in [6, 6.07) is 18.0. The van der Waals surface area contributed by atoms with E-state index >= 15 is 0 Å². The van der Waals surface area contributed by atoms with Crippen molar-refractivity contribution in [1.82, 2.24) is 19.2 Å². The number of hydrogen-bond donors (Lipinski definition) is 0. The van der Waals surface area contributed by atoms with Crippen molar-refractivity contribution in [3.05, 3.63) is 59.4 Å². The van der Waals surface area contributed by atoms with Crippen LogP contribution >= 0.6 is 12.2 Å². The van der Waals surface area contributed by atoms with Gasteiger partial charge in [-0.05, 0) is 48.6 Å². The third-order valence-electron chi connectivity index (χ3n) is 4.64. The van der Waals surface area contributed by atoms with Gasteiger partial charge in [0.1, 0.15) is 5.75 Å². The first-order chi connectivity index (χ1) is 13.3. The van der Waals surface area contributed by atoms with E-state index in [1.807, 2.05) is 63.8 Å². The van der Waals surface area contributed by atoms with E-state index in [2.05, 4.69) is 4.90 Å². The van der Waals surface area contributed by atoms with E-state index < -0.39 is 0 Å². The summed E-state index contributed by atoms with van der Waals surface area (Å²) in [6.07, 6.45) is 0. The van der Waals surface area contributed by atoms with Gasteiger partial charge < -0.3 is 9.47 Å². The lowest BCUT2D eigenvalue weighted by molar-refractivity contribution is 0.0210. The van der Waals surface area contributed by atoms with Crippen LogP contribution < -0.4 is 4.74 Å². The SMILES string of the molecule is COc1ccc(-c2nn(CN3CCOCC3)c(=S)n2-c2ccccc2)cc1. The predicted octanol–water partition coefficient (Wildman–Crippen LogP) is 3.37. The fourth-order valence-corrected chi connectivity index (χ4v) is 3.46. The van der Waals surface area contributed by atoms with Crippen molar-refractivity contribution in [2.45, 2.75) is 6.67 Å². The quantitative estimate of drug-likeness (QED) is 0.633. The summed E-state index contributed by atoms with van der Waals surface area (Å²) in [5, 5.41) is 4.86. The number of benzene rings is 2. The largest absolute Gasteiger partial charge is 0.497 e.